The van der Waals surface area contributed by atoms with Crippen molar-refractivity contribution in [2.45, 2.75) is 45.3 Å². The first-order chi connectivity index (χ1) is 12.3. The van der Waals surface area contributed by atoms with Crippen LogP contribution in [0.25, 0.3) is 0 Å². The zero-order valence-corrected chi connectivity index (χ0v) is 17.7. The molecule has 8 heteroatoms. The molecule has 7 nitrogen and oxygen atoms in total. The van der Waals surface area contributed by atoms with Gasteiger partial charge in [-0.05, 0) is 30.5 Å². The molecule has 1 aliphatic rings. The molecule has 0 fully saturated rings. The minimum Gasteiger partial charge on any atom is -0.497 e. The van der Waals surface area contributed by atoms with Crippen molar-refractivity contribution >= 4 is 29.9 Å². The van der Waals surface area contributed by atoms with Crippen molar-refractivity contribution in [1.29, 1.82) is 0 Å². The number of ether oxygens (including phenoxy) is 1. The maximum absolute atomic E-state index is 5.18. The number of guanidine groups is 1. The minimum absolute atomic E-state index is 0. The molecule has 0 saturated carbocycles. The monoisotopic (exact) mass is 470 g/mol. The van der Waals surface area contributed by atoms with E-state index in [4.69, 9.17) is 4.74 Å². The number of aryl methyl sites for hydroxylation is 1. The van der Waals surface area contributed by atoms with Gasteiger partial charge in [-0.25, -0.2) is 0 Å². The van der Waals surface area contributed by atoms with Crippen LogP contribution in [-0.4, -0.2) is 34.9 Å². The van der Waals surface area contributed by atoms with E-state index in [0.29, 0.717) is 13.1 Å². The van der Waals surface area contributed by atoms with Crippen LogP contribution in [0.5, 0.6) is 5.75 Å². The molecular formula is C18H27IN6O. The second-order valence-electron chi connectivity index (χ2n) is 6.12. The summed E-state index contributed by atoms with van der Waals surface area (Å²) >= 11 is 0. The Labute approximate surface area is 171 Å². The summed E-state index contributed by atoms with van der Waals surface area (Å²) in [4.78, 5) is 4.28. The second-order valence-corrected chi connectivity index (χ2v) is 6.12. The first-order valence-corrected chi connectivity index (χ1v) is 8.78. The van der Waals surface area contributed by atoms with Crippen molar-refractivity contribution in [1.82, 2.24) is 25.4 Å². The topological polar surface area (TPSA) is 76.4 Å². The molecule has 1 aliphatic heterocycles. The standard InChI is InChI=1S/C18H26N6O.HI/c1-19-18(20-12-14-7-9-15(25-2)10-8-14)21-13-17-23-22-16-6-4-3-5-11-24(16)17;/h7-10H,3-6,11-13H2,1-2H3,(H2,19,20,21);1H. The predicted octanol–water partition coefficient (Wildman–Crippen LogP) is 2.50. The third-order valence-corrected chi connectivity index (χ3v) is 4.44. The highest BCUT2D eigenvalue weighted by Crippen LogP contribution is 2.14. The van der Waals surface area contributed by atoms with Crippen LogP contribution < -0.4 is 15.4 Å². The molecule has 0 atom stereocenters. The van der Waals surface area contributed by atoms with Gasteiger partial charge in [0, 0.05) is 26.6 Å². The van der Waals surface area contributed by atoms with E-state index in [9.17, 15) is 0 Å². The average molecular weight is 470 g/mol. The molecule has 0 unspecified atom stereocenters. The highest BCUT2D eigenvalue weighted by Gasteiger charge is 2.14. The number of nitrogens with one attached hydrogen (secondary N) is 2. The van der Waals surface area contributed by atoms with Gasteiger partial charge in [-0.1, -0.05) is 18.6 Å². The fourth-order valence-electron chi connectivity index (χ4n) is 2.99. The second kappa shape index (κ2) is 10.3. The Kier molecular flexibility index (Phi) is 8.14. The van der Waals surface area contributed by atoms with Crippen LogP contribution in [-0.2, 0) is 26.1 Å². The molecule has 0 radical (unpaired) electrons. The summed E-state index contributed by atoms with van der Waals surface area (Å²) in [5, 5.41) is 15.3. The van der Waals surface area contributed by atoms with E-state index in [1.54, 1.807) is 14.2 Å². The van der Waals surface area contributed by atoms with Crippen LogP contribution in [0.1, 0.15) is 36.5 Å². The first kappa shape index (κ1) is 20.5. The predicted molar refractivity (Wildman–Crippen MR) is 113 cm³/mol. The molecule has 2 heterocycles. The lowest BCUT2D eigenvalue weighted by Crippen LogP contribution is -2.37. The Morgan fingerprint density at radius 3 is 2.62 bits per heavy atom. The molecule has 1 aromatic carbocycles. The van der Waals surface area contributed by atoms with Gasteiger partial charge in [0.25, 0.3) is 0 Å². The Hall–Kier alpha value is -1.84. The highest BCUT2D eigenvalue weighted by atomic mass is 127. The smallest absolute Gasteiger partial charge is 0.191 e. The van der Waals surface area contributed by atoms with E-state index in [0.717, 1.165) is 36.3 Å². The first-order valence-electron chi connectivity index (χ1n) is 8.78. The quantitative estimate of drug-likeness (QED) is 0.399. The van der Waals surface area contributed by atoms with E-state index in [-0.39, 0.29) is 24.0 Å². The molecular weight excluding hydrogens is 443 g/mol. The van der Waals surface area contributed by atoms with E-state index in [1.165, 1.54) is 24.8 Å². The minimum atomic E-state index is 0. The van der Waals surface area contributed by atoms with E-state index >= 15 is 0 Å². The number of aliphatic imine (C=N–C) groups is 1. The van der Waals surface area contributed by atoms with Gasteiger partial charge in [0.15, 0.2) is 11.8 Å². The number of methoxy groups -OCH3 is 1. The number of nitrogens with zero attached hydrogens (tertiary/aromatic N) is 4. The lowest BCUT2D eigenvalue weighted by atomic mass is 10.2. The summed E-state index contributed by atoms with van der Waals surface area (Å²) in [5.74, 6) is 3.69. The van der Waals surface area contributed by atoms with Crippen LogP contribution in [0, 0.1) is 0 Å². The van der Waals surface area contributed by atoms with Crippen molar-refractivity contribution < 1.29 is 4.74 Å². The number of rotatable bonds is 5. The molecule has 0 aliphatic carbocycles. The van der Waals surface area contributed by atoms with Crippen LogP contribution in [0.3, 0.4) is 0 Å². The zero-order chi connectivity index (χ0) is 17.5. The molecule has 0 saturated heterocycles. The summed E-state index contributed by atoms with van der Waals surface area (Å²) in [6.45, 7) is 2.33. The van der Waals surface area contributed by atoms with Crippen molar-refractivity contribution in [3.8, 4) is 5.75 Å². The van der Waals surface area contributed by atoms with Gasteiger partial charge in [0.1, 0.15) is 11.6 Å². The largest absolute Gasteiger partial charge is 0.497 e. The lowest BCUT2D eigenvalue weighted by molar-refractivity contribution is 0.414. The van der Waals surface area contributed by atoms with Crippen molar-refractivity contribution in [3.63, 3.8) is 0 Å². The Morgan fingerprint density at radius 2 is 1.88 bits per heavy atom. The Morgan fingerprint density at radius 1 is 1.12 bits per heavy atom. The number of hydrogen-bond donors (Lipinski definition) is 2. The Bertz CT molecular complexity index is 713. The van der Waals surface area contributed by atoms with Gasteiger partial charge in [-0.15, -0.1) is 34.2 Å². The van der Waals surface area contributed by atoms with Gasteiger partial charge in [0.05, 0.1) is 13.7 Å². The summed E-state index contributed by atoms with van der Waals surface area (Å²) in [7, 11) is 3.44. The lowest BCUT2D eigenvalue weighted by Gasteiger charge is -2.13. The highest BCUT2D eigenvalue weighted by molar-refractivity contribution is 14.0. The van der Waals surface area contributed by atoms with Gasteiger partial charge >= 0.3 is 0 Å². The number of hydrogen-bond acceptors (Lipinski definition) is 4. The van der Waals surface area contributed by atoms with Crippen LogP contribution in [0.4, 0.5) is 0 Å². The number of benzene rings is 1. The fraction of sp³-hybridized carbons (Fsp3) is 0.500. The molecule has 26 heavy (non-hydrogen) atoms. The maximum atomic E-state index is 5.18. The van der Waals surface area contributed by atoms with E-state index in [1.807, 2.05) is 24.3 Å². The van der Waals surface area contributed by atoms with Gasteiger partial charge in [0.2, 0.25) is 0 Å². The maximum Gasteiger partial charge on any atom is 0.191 e. The van der Waals surface area contributed by atoms with Gasteiger partial charge < -0.3 is 19.9 Å². The zero-order valence-electron chi connectivity index (χ0n) is 15.4. The summed E-state index contributed by atoms with van der Waals surface area (Å²) in [5.41, 5.74) is 1.17. The number of halogens is 1. The van der Waals surface area contributed by atoms with E-state index < -0.39 is 0 Å². The third-order valence-electron chi connectivity index (χ3n) is 4.44. The molecule has 0 amide bonds. The fourth-order valence-corrected chi connectivity index (χ4v) is 2.99. The normalized spacial score (nSPS) is 14.0. The van der Waals surface area contributed by atoms with E-state index in [2.05, 4.69) is 30.4 Å². The molecule has 3 rings (SSSR count). The molecule has 0 spiro atoms. The summed E-state index contributed by atoms with van der Waals surface area (Å²) in [6, 6.07) is 7.99. The number of aromatic nitrogens is 3. The summed E-state index contributed by atoms with van der Waals surface area (Å²) in [6.07, 6.45) is 4.69. The van der Waals surface area contributed by atoms with Crippen LogP contribution in [0.15, 0.2) is 29.3 Å². The third kappa shape index (κ3) is 5.33. The van der Waals surface area contributed by atoms with Crippen molar-refractivity contribution in [2.75, 3.05) is 14.2 Å². The van der Waals surface area contributed by atoms with Crippen molar-refractivity contribution in [2.24, 2.45) is 4.99 Å². The van der Waals surface area contributed by atoms with Gasteiger partial charge in [-0.3, -0.25) is 4.99 Å². The molecule has 142 valence electrons. The average Bonchev–Trinajstić information content (AvgIpc) is 2.88. The van der Waals surface area contributed by atoms with Crippen LogP contribution in [0.2, 0.25) is 0 Å². The molecule has 2 N–H and O–H groups in total. The number of fused-ring (bicyclic) bond motifs is 1. The van der Waals surface area contributed by atoms with Crippen LogP contribution >= 0.6 is 24.0 Å². The van der Waals surface area contributed by atoms with Gasteiger partial charge in [-0.2, -0.15) is 0 Å². The molecule has 0 bridgehead atoms. The Balaban J connectivity index is 0.00000243. The summed E-state index contributed by atoms with van der Waals surface area (Å²) < 4.78 is 7.43. The molecule has 2 aromatic rings. The SMILES string of the molecule is CN=C(NCc1ccc(OC)cc1)NCc1nnc2n1CCCCC2.I. The van der Waals surface area contributed by atoms with Crippen molar-refractivity contribution in [3.05, 3.63) is 41.5 Å². The molecule has 1 aromatic heterocycles.